The molecule has 6 heteroatoms. The van der Waals surface area contributed by atoms with E-state index in [-0.39, 0.29) is 16.8 Å². The summed E-state index contributed by atoms with van der Waals surface area (Å²) in [5.74, 6) is -1.30. The van der Waals surface area contributed by atoms with Gasteiger partial charge >= 0.3 is 5.97 Å². The molecule has 19 heavy (non-hydrogen) atoms. The molecular weight excluding hydrogens is 248 g/mol. The summed E-state index contributed by atoms with van der Waals surface area (Å²) in [6.45, 7) is 6.07. The molecule has 0 atom stereocenters. The molecule has 0 aliphatic carbocycles. The molecule has 0 aliphatic rings. The average molecular weight is 266 g/mol. The third-order valence-corrected chi connectivity index (χ3v) is 3.57. The smallest absolute Gasteiger partial charge is 0.342 e. The number of aromatic carboxylic acids is 1. The van der Waals surface area contributed by atoms with Crippen LogP contribution in [0.5, 0.6) is 0 Å². The molecule has 0 saturated carbocycles. The van der Waals surface area contributed by atoms with E-state index in [4.69, 9.17) is 5.11 Å². The van der Waals surface area contributed by atoms with Crippen LogP contribution in [0.1, 0.15) is 37.6 Å². The SMILES string of the molecule is CCC(C)(C)N(C)c1ccc([N+](=O)[O-])c(C(=O)O)c1. The van der Waals surface area contributed by atoms with Crippen molar-refractivity contribution in [3.05, 3.63) is 33.9 Å². The summed E-state index contributed by atoms with van der Waals surface area (Å²) < 4.78 is 0. The second-order valence-electron chi connectivity index (χ2n) is 4.99. The number of hydrogen-bond acceptors (Lipinski definition) is 4. The number of nitro benzene ring substituents is 1. The average Bonchev–Trinajstić information content (AvgIpc) is 2.36. The summed E-state index contributed by atoms with van der Waals surface area (Å²) >= 11 is 0. The van der Waals surface area contributed by atoms with Crippen molar-refractivity contribution in [2.45, 2.75) is 32.7 Å². The maximum absolute atomic E-state index is 11.1. The predicted molar refractivity (Wildman–Crippen MR) is 72.8 cm³/mol. The highest BCUT2D eigenvalue weighted by Gasteiger charge is 2.25. The molecule has 0 aromatic heterocycles. The van der Waals surface area contributed by atoms with Crippen molar-refractivity contribution in [3.63, 3.8) is 0 Å². The number of nitrogens with zero attached hydrogens (tertiary/aromatic N) is 2. The zero-order valence-corrected chi connectivity index (χ0v) is 11.5. The van der Waals surface area contributed by atoms with Gasteiger partial charge in [-0.15, -0.1) is 0 Å². The second-order valence-corrected chi connectivity index (χ2v) is 4.99. The lowest BCUT2D eigenvalue weighted by molar-refractivity contribution is -0.385. The first-order valence-electron chi connectivity index (χ1n) is 5.96. The number of anilines is 1. The molecule has 0 bridgehead atoms. The zero-order chi connectivity index (χ0) is 14.8. The monoisotopic (exact) mass is 266 g/mol. The van der Waals surface area contributed by atoms with E-state index < -0.39 is 10.9 Å². The summed E-state index contributed by atoms with van der Waals surface area (Å²) in [5.41, 5.74) is -0.193. The van der Waals surface area contributed by atoms with Crippen LogP contribution in [-0.2, 0) is 0 Å². The van der Waals surface area contributed by atoms with Gasteiger partial charge in [0.1, 0.15) is 5.56 Å². The first-order chi connectivity index (χ1) is 8.70. The molecule has 6 nitrogen and oxygen atoms in total. The van der Waals surface area contributed by atoms with E-state index in [0.717, 1.165) is 6.42 Å². The van der Waals surface area contributed by atoms with E-state index in [9.17, 15) is 14.9 Å². The van der Waals surface area contributed by atoms with Crippen molar-refractivity contribution >= 4 is 17.3 Å². The van der Waals surface area contributed by atoms with Crippen LogP contribution in [0, 0.1) is 10.1 Å². The molecule has 0 amide bonds. The van der Waals surface area contributed by atoms with E-state index in [1.165, 1.54) is 12.1 Å². The molecule has 0 unspecified atom stereocenters. The lowest BCUT2D eigenvalue weighted by Gasteiger charge is -2.36. The van der Waals surface area contributed by atoms with Gasteiger partial charge in [-0.2, -0.15) is 0 Å². The highest BCUT2D eigenvalue weighted by atomic mass is 16.6. The number of carboxylic acid groups (broad SMARTS) is 1. The van der Waals surface area contributed by atoms with Crippen LogP contribution in [0.3, 0.4) is 0 Å². The fourth-order valence-electron chi connectivity index (χ4n) is 1.65. The lowest BCUT2D eigenvalue weighted by Crippen LogP contribution is -2.40. The van der Waals surface area contributed by atoms with E-state index in [2.05, 4.69) is 0 Å². The Morgan fingerprint density at radius 2 is 2.05 bits per heavy atom. The summed E-state index contributed by atoms with van der Waals surface area (Å²) in [6.07, 6.45) is 0.864. The Labute approximate surface area is 111 Å². The van der Waals surface area contributed by atoms with Gasteiger partial charge in [-0.3, -0.25) is 10.1 Å². The number of carboxylic acids is 1. The maximum Gasteiger partial charge on any atom is 0.342 e. The van der Waals surface area contributed by atoms with Crippen LogP contribution < -0.4 is 4.90 Å². The van der Waals surface area contributed by atoms with Crippen LogP contribution in [0.4, 0.5) is 11.4 Å². The number of benzene rings is 1. The molecule has 0 spiro atoms. The van der Waals surface area contributed by atoms with Gasteiger partial charge in [-0.1, -0.05) is 6.92 Å². The lowest BCUT2D eigenvalue weighted by atomic mass is 9.98. The van der Waals surface area contributed by atoms with Crippen molar-refractivity contribution in [1.29, 1.82) is 0 Å². The predicted octanol–water partition coefficient (Wildman–Crippen LogP) is 2.92. The number of carbonyl (C=O) groups is 1. The minimum atomic E-state index is -1.30. The molecule has 0 heterocycles. The Morgan fingerprint density at radius 1 is 1.47 bits per heavy atom. The van der Waals surface area contributed by atoms with E-state index in [1.807, 2.05) is 32.7 Å². The Morgan fingerprint density at radius 3 is 2.47 bits per heavy atom. The van der Waals surface area contributed by atoms with E-state index in [1.54, 1.807) is 6.07 Å². The molecule has 1 rings (SSSR count). The summed E-state index contributed by atoms with van der Waals surface area (Å²) in [4.78, 5) is 23.1. The maximum atomic E-state index is 11.1. The normalized spacial score (nSPS) is 11.2. The molecule has 104 valence electrons. The van der Waals surface area contributed by atoms with Gasteiger partial charge in [0.2, 0.25) is 0 Å². The summed E-state index contributed by atoms with van der Waals surface area (Å²) in [7, 11) is 1.84. The molecule has 1 N–H and O–H groups in total. The van der Waals surface area contributed by atoms with Crippen molar-refractivity contribution in [2.24, 2.45) is 0 Å². The Bertz CT molecular complexity index is 511. The van der Waals surface area contributed by atoms with Crippen molar-refractivity contribution in [2.75, 3.05) is 11.9 Å². The summed E-state index contributed by atoms with van der Waals surface area (Å²) in [5, 5.41) is 19.8. The number of rotatable bonds is 5. The van der Waals surface area contributed by atoms with Crippen molar-refractivity contribution in [1.82, 2.24) is 0 Å². The van der Waals surface area contributed by atoms with Gasteiger partial charge < -0.3 is 10.0 Å². The zero-order valence-electron chi connectivity index (χ0n) is 11.5. The molecule has 0 aliphatic heterocycles. The van der Waals surface area contributed by atoms with Gasteiger partial charge in [0.25, 0.3) is 5.69 Å². The van der Waals surface area contributed by atoms with Gasteiger partial charge in [-0.05, 0) is 32.4 Å². The Kier molecular flexibility index (Phi) is 4.14. The third kappa shape index (κ3) is 3.01. The second kappa shape index (κ2) is 5.26. The molecule has 0 radical (unpaired) electrons. The first-order valence-corrected chi connectivity index (χ1v) is 5.96. The third-order valence-electron chi connectivity index (χ3n) is 3.57. The highest BCUT2D eigenvalue weighted by molar-refractivity contribution is 5.93. The molecule has 1 aromatic carbocycles. The van der Waals surface area contributed by atoms with Crippen molar-refractivity contribution in [3.8, 4) is 0 Å². The van der Waals surface area contributed by atoms with E-state index >= 15 is 0 Å². The Hall–Kier alpha value is -2.11. The number of hydrogen-bond donors (Lipinski definition) is 1. The minimum Gasteiger partial charge on any atom is -0.477 e. The van der Waals surface area contributed by atoms with Gasteiger partial charge in [0.05, 0.1) is 4.92 Å². The van der Waals surface area contributed by atoms with Crippen LogP contribution in [0.15, 0.2) is 18.2 Å². The highest BCUT2D eigenvalue weighted by Crippen LogP contribution is 2.29. The summed E-state index contributed by atoms with van der Waals surface area (Å²) in [6, 6.07) is 4.15. The molecular formula is C13H18N2O4. The topological polar surface area (TPSA) is 83.7 Å². The van der Waals surface area contributed by atoms with Crippen molar-refractivity contribution < 1.29 is 14.8 Å². The van der Waals surface area contributed by atoms with Gasteiger partial charge in [0.15, 0.2) is 0 Å². The number of nitro groups is 1. The molecule has 0 saturated heterocycles. The minimum absolute atomic E-state index is 0.161. The Balaban J connectivity index is 3.30. The van der Waals surface area contributed by atoms with Crippen LogP contribution in [-0.4, -0.2) is 28.6 Å². The fraction of sp³-hybridized carbons (Fsp3) is 0.462. The first kappa shape index (κ1) is 14.9. The van der Waals surface area contributed by atoms with Crippen LogP contribution in [0.25, 0.3) is 0 Å². The molecule has 1 aromatic rings. The standard InChI is InChI=1S/C13H18N2O4/c1-5-13(2,3)14(4)9-6-7-11(15(18)19)10(8-9)12(16)17/h6-8H,5H2,1-4H3,(H,16,17). The van der Waals surface area contributed by atoms with Gasteiger partial charge in [0, 0.05) is 24.3 Å². The van der Waals surface area contributed by atoms with E-state index in [0.29, 0.717) is 5.69 Å². The molecule has 0 fully saturated rings. The quantitative estimate of drug-likeness (QED) is 0.654. The van der Waals surface area contributed by atoms with Crippen LogP contribution >= 0.6 is 0 Å². The fourth-order valence-corrected chi connectivity index (χ4v) is 1.65. The van der Waals surface area contributed by atoms with Gasteiger partial charge in [-0.25, -0.2) is 4.79 Å². The van der Waals surface area contributed by atoms with Crippen LogP contribution in [0.2, 0.25) is 0 Å². The largest absolute Gasteiger partial charge is 0.477 e.